The number of esters is 1. The van der Waals surface area contributed by atoms with Crippen molar-refractivity contribution < 1.29 is 9.53 Å². The van der Waals surface area contributed by atoms with Crippen molar-refractivity contribution in [3.8, 4) is 5.75 Å². The summed E-state index contributed by atoms with van der Waals surface area (Å²) in [6, 6.07) is 14.2. The summed E-state index contributed by atoms with van der Waals surface area (Å²) in [5.74, 6) is 0.251. The fourth-order valence-corrected chi connectivity index (χ4v) is 3.46. The van der Waals surface area contributed by atoms with Crippen molar-refractivity contribution in [2.45, 2.75) is 34.2 Å². The number of nitrogens with zero attached hydrogens (tertiary/aromatic N) is 3. The lowest BCUT2D eigenvalue weighted by atomic mass is 10.1. The molecule has 5 nitrogen and oxygen atoms in total. The van der Waals surface area contributed by atoms with Crippen molar-refractivity contribution in [3.05, 3.63) is 64.7 Å². The van der Waals surface area contributed by atoms with Crippen LogP contribution in [-0.4, -0.2) is 47.8 Å². The van der Waals surface area contributed by atoms with E-state index in [2.05, 4.69) is 42.0 Å². The third kappa shape index (κ3) is 5.42. The van der Waals surface area contributed by atoms with Gasteiger partial charge in [0.05, 0.1) is 5.71 Å². The van der Waals surface area contributed by atoms with Crippen molar-refractivity contribution >= 4 is 11.7 Å². The van der Waals surface area contributed by atoms with E-state index in [1.54, 1.807) is 12.1 Å². The first-order chi connectivity index (χ1) is 13.4. The highest BCUT2D eigenvalue weighted by atomic mass is 16.5. The Balaban J connectivity index is 1.54. The van der Waals surface area contributed by atoms with Gasteiger partial charge in [-0.1, -0.05) is 23.8 Å². The van der Waals surface area contributed by atoms with E-state index < -0.39 is 0 Å². The monoisotopic (exact) mass is 379 g/mol. The van der Waals surface area contributed by atoms with Crippen LogP contribution in [0.1, 0.15) is 36.1 Å². The molecule has 1 fully saturated rings. The molecule has 1 aliphatic rings. The van der Waals surface area contributed by atoms with Gasteiger partial charge in [-0.25, -0.2) is 0 Å². The molecule has 1 heterocycles. The summed E-state index contributed by atoms with van der Waals surface area (Å²) in [7, 11) is 0. The molecule has 2 aromatic rings. The standard InChI is InChI=1S/C23H29N3O2/c1-17-5-6-22(18(2)15-17)16-25-11-13-26(14-12-25)24-19(3)21-7-9-23(10-8-21)28-20(4)27/h5-10,15H,11-14,16H2,1-4H3. The minimum absolute atomic E-state index is 0.308. The average molecular weight is 380 g/mol. The van der Waals surface area contributed by atoms with Crippen LogP contribution in [0.2, 0.25) is 0 Å². The van der Waals surface area contributed by atoms with Gasteiger partial charge in [0.15, 0.2) is 0 Å². The number of ether oxygens (including phenoxy) is 1. The van der Waals surface area contributed by atoms with Gasteiger partial charge in [-0.15, -0.1) is 0 Å². The number of hydrogen-bond donors (Lipinski definition) is 0. The Morgan fingerprint density at radius 3 is 2.29 bits per heavy atom. The SMILES string of the molecule is CC(=O)Oc1ccc(C(C)=NN2CCN(Cc3ccc(C)cc3C)CC2)cc1. The number of carbonyl (C=O) groups excluding carboxylic acids is 1. The summed E-state index contributed by atoms with van der Waals surface area (Å²) < 4.78 is 5.08. The highest BCUT2D eigenvalue weighted by Crippen LogP contribution is 2.16. The second-order valence-corrected chi connectivity index (χ2v) is 7.46. The van der Waals surface area contributed by atoms with Crippen LogP contribution < -0.4 is 4.74 Å². The number of piperazine rings is 1. The van der Waals surface area contributed by atoms with Gasteiger partial charge in [0.1, 0.15) is 5.75 Å². The van der Waals surface area contributed by atoms with Crippen molar-refractivity contribution in [3.63, 3.8) is 0 Å². The molecule has 0 unspecified atom stereocenters. The highest BCUT2D eigenvalue weighted by Gasteiger charge is 2.17. The molecule has 28 heavy (non-hydrogen) atoms. The molecule has 148 valence electrons. The zero-order valence-electron chi connectivity index (χ0n) is 17.2. The van der Waals surface area contributed by atoms with Gasteiger partial charge in [-0.3, -0.25) is 14.7 Å². The third-order valence-corrected chi connectivity index (χ3v) is 5.07. The number of hydrazone groups is 1. The first-order valence-electron chi connectivity index (χ1n) is 9.78. The van der Waals surface area contributed by atoms with E-state index in [1.807, 2.05) is 19.1 Å². The number of carbonyl (C=O) groups is 1. The average Bonchev–Trinajstić information content (AvgIpc) is 2.65. The topological polar surface area (TPSA) is 45.1 Å². The fourth-order valence-electron chi connectivity index (χ4n) is 3.46. The smallest absolute Gasteiger partial charge is 0.308 e. The van der Waals surface area contributed by atoms with Crippen molar-refractivity contribution in [1.82, 2.24) is 9.91 Å². The summed E-state index contributed by atoms with van der Waals surface area (Å²) in [6.45, 7) is 12.6. The maximum atomic E-state index is 11.0. The van der Waals surface area contributed by atoms with Crippen LogP contribution in [0.25, 0.3) is 0 Å². The third-order valence-electron chi connectivity index (χ3n) is 5.07. The van der Waals surface area contributed by atoms with Crippen LogP contribution in [-0.2, 0) is 11.3 Å². The maximum absolute atomic E-state index is 11.0. The van der Waals surface area contributed by atoms with Crippen LogP contribution in [0.4, 0.5) is 0 Å². The largest absolute Gasteiger partial charge is 0.427 e. The molecular weight excluding hydrogens is 350 g/mol. The summed E-state index contributed by atoms with van der Waals surface area (Å²) in [6.07, 6.45) is 0. The van der Waals surface area contributed by atoms with Crippen LogP contribution >= 0.6 is 0 Å². The van der Waals surface area contributed by atoms with E-state index in [1.165, 1.54) is 23.6 Å². The second-order valence-electron chi connectivity index (χ2n) is 7.46. The molecule has 0 N–H and O–H groups in total. The van der Waals surface area contributed by atoms with Crippen molar-refractivity contribution in [1.29, 1.82) is 0 Å². The van der Waals surface area contributed by atoms with E-state index >= 15 is 0 Å². The number of aryl methyl sites for hydroxylation is 2. The molecule has 0 saturated carbocycles. The summed E-state index contributed by atoms with van der Waals surface area (Å²) in [4.78, 5) is 13.5. The van der Waals surface area contributed by atoms with Gasteiger partial charge < -0.3 is 4.74 Å². The fraction of sp³-hybridized carbons (Fsp3) is 0.391. The van der Waals surface area contributed by atoms with E-state index in [0.29, 0.717) is 5.75 Å². The molecule has 0 spiro atoms. The Kier molecular flexibility index (Phi) is 6.47. The van der Waals surface area contributed by atoms with Gasteiger partial charge >= 0.3 is 5.97 Å². The molecule has 3 rings (SSSR count). The van der Waals surface area contributed by atoms with Crippen molar-refractivity contribution in [2.75, 3.05) is 26.2 Å². The summed E-state index contributed by atoms with van der Waals surface area (Å²) in [5.41, 5.74) is 6.10. The molecule has 0 amide bonds. The Labute approximate surface area is 167 Å². The lowest BCUT2D eigenvalue weighted by Gasteiger charge is -2.33. The number of hydrogen-bond acceptors (Lipinski definition) is 5. The molecule has 1 saturated heterocycles. The molecule has 0 aliphatic carbocycles. The van der Waals surface area contributed by atoms with E-state index in [0.717, 1.165) is 44.0 Å². The predicted octanol–water partition coefficient (Wildman–Crippen LogP) is 3.77. The van der Waals surface area contributed by atoms with Gasteiger partial charge in [-0.2, -0.15) is 5.10 Å². The van der Waals surface area contributed by atoms with Crippen LogP contribution in [0.15, 0.2) is 47.6 Å². The van der Waals surface area contributed by atoms with Crippen LogP contribution in [0.3, 0.4) is 0 Å². The molecule has 0 aromatic heterocycles. The Hall–Kier alpha value is -2.66. The lowest BCUT2D eigenvalue weighted by molar-refractivity contribution is -0.131. The predicted molar refractivity (Wildman–Crippen MR) is 113 cm³/mol. The molecule has 1 aliphatic heterocycles. The first-order valence-corrected chi connectivity index (χ1v) is 9.78. The Morgan fingerprint density at radius 1 is 1.00 bits per heavy atom. The second kappa shape index (κ2) is 9.02. The first kappa shape index (κ1) is 20.1. The van der Waals surface area contributed by atoms with E-state index in [4.69, 9.17) is 9.84 Å². The molecule has 5 heteroatoms. The van der Waals surface area contributed by atoms with Gasteiger partial charge in [0, 0.05) is 39.6 Å². The minimum atomic E-state index is -0.308. The van der Waals surface area contributed by atoms with Gasteiger partial charge in [0.25, 0.3) is 0 Å². The summed E-state index contributed by atoms with van der Waals surface area (Å²) in [5, 5.41) is 6.93. The van der Waals surface area contributed by atoms with E-state index in [-0.39, 0.29) is 5.97 Å². The minimum Gasteiger partial charge on any atom is -0.427 e. The quantitative estimate of drug-likeness (QED) is 0.451. The van der Waals surface area contributed by atoms with Crippen LogP contribution in [0, 0.1) is 13.8 Å². The lowest BCUT2D eigenvalue weighted by Crippen LogP contribution is -2.43. The number of benzene rings is 2. The van der Waals surface area contributed by atoms with Gasteiger partial charge in [-0.05, 0) is 61.7 Å². The zero-order valence-corrected chi connectivity index (χ0v) is 17.2. The molecule has 0 atom stereocenters. The molecular formula is C23H29N3O2. The normalized spacial score (nSPS) is 15.6. The molecule has 0 radical (unpaired) electrons. The zero-order chi connectivity index (χ0) is 20.1. The Bertz CT molecular complexity index is 851. The molecule has 2 aromatic carbocycles. The molecule has 0 bridgehead atoms. The highest BCUT2D eigenvalue weighted by molar-refractivity contribution is 5.98. The van der Waals surface area contributed by atoms with Crippen molar-refractivity contribution in [2.24, 2.45) is 5.10 Å². The number of rotatable bonds is 5. The van der Waals surface area contributed by atoms with Gasteiger partial charge in [0.2, 0.25) is 0 Å². The Morgan fingerprint density at radius 2 is 1.68 bits per heavy atom. The summed E-state index contributed by atoms with van der Waals surface area (Å²) >= 11 is 0. The maximum Gasteiger partial charge on any atom is 0.308 e. The van der Waals surface area contributed by atoms with Crippen LogP contribution in [0.5, 0.6) is 5.75 Å². The van der Waals surface area contributed by atoms with E-state index in [9.17, 15) is 4.79 Å².